The fourth-order valence-corrected chi connectivity index (χ4v) is 3.48. The molecule has 1 amide bonds. The Morgan fingerprint density at radius 1 is 1.11 bits per heavy atom. The molecule has 138 valence electrons. The van der Waals surface area contributed by atoms with E-state index < -0.39 is 0 Å². The number of rotatable bonds is 4. The van der Waals surface area contributed by atoms with Crippen LogP contribution in [-0.2, 0) is 4.79 Å². The molecule has 4 nitrogen and oxygen atoms in total. The number of benzene rings is 2. The number of hydrogen-bond donors (Lipinski definition) is 0. The normalized spacial score (nSPS) is 17.3. The van der Waals surface area contributed by atoms with Crippen LogP contribution in [0.1, 0.15) is 48.4 Å². The quantitative estimate of drug-likeness (QED) is 0.741. The average molecular weight is 360 g/mol. The minimum absolute atomic E-state index is 0.0297. The lowest BCUT2D eigenvalue weighted by molar-refractivity contribution is -0.128. The fraction of sp³-hybridized carbons (Fsp3) is 0.304. The Kier molecular flexibility index (Phi) is 6.27. The van der Waals surface area contributed by atoms with Gasteiger partial charge < -0.3 is 9.64 Å². The van der Waals surface area contributed by atoms with Gasteiger partial charge in [-0.3, -0.25) is 4.79 Å². The molecule has 0 aromatic heterocycles. The third-order valence-corrected chi connectivity index (χ3v) is 4.99. The summed E-state index contributed by atoms with van der Waals surface area (Å²) in [5, 5.41) is 8.88. The molecule has 1 heterocycles. The Hall–Kier alpha value is -3.06. The number of hydrogen-bond acceptors (Lipinski definition) is 3. The van der Waals surface area contributed by atoms with E-state index >= 15 is 0 Å². The lowest BCUT2D eigenvalue weighted by Crippen LogP contribution is -2.33. The lowest BCUT2D eigenvalue weighted by Gasteiger charge is -2.29. The molecule has 4 heteroatoms. The zero-order chi connectivity index (χ0) is 19.1. The molecule has 1 atom stereocenters. The van der Waals surface area contributed by atoms with Crippen LogP contribution < -0.4 is 4.74 Å². The number of carbonyl (C=O) groups is 1. The van der Waals surface area contributed by atoms with E-state index in [9.17, 15) is 4.79 Å². The number of carbonyl (C=O) groups excluding carboxylic acids is 1. The van der Waals surface area contributed by atoms with Gasteiger partial charge in [0.2, 0.25) is 5.91 Å². The summed E-state index contributed by atoms with van der Waals surface area (Å²) in [6.07, 6.45) is 7.74. The van der Waals surface area contributed by atoms with Gasteiger partial charge in [0, 0.05) is 12.6 Å². The smallest absolute Gasteiger partial charge is 0.247 e. The van der Waals surface area contributed by atoms with E-state index in [1.807, 2.05) is 35.2 Å². The third-order valence-electron chi connectivity index (χ3n) is 4.99. The maximum absolute atomic E-state index is 12.9. The van der Waals surface area contributed by atoms with Gasteiger partial charge in [-0.1, -0.05) is 37.1 Å². The summed E-state index contributed by atoms with van der Waals surface area (Å²) >= 11 is 0. The lowest BCUT2D eigenvalue weighted by atomic mass is 10.0. The van der Waals surface area contributed by atoms with Gasteiger partial charge >= 0.3 is 0 Å². The molecule has 1 aliphatic rings. The Bertz CT molecular complexity index is 832. The highest BCUT2D eigenvalue weighted by molar-refractivity contribution is 5.92. The van der Waals surface area contributed by atoms with E-state index in [0.29, 0.717) is 5.56 Å². The van der Waals surface area contributed by atoms with Crippen molar-refractivity contribution in [1.82, 2.24) is 4.90 Å². The van der Waals surface area contributed by atoms with Crippen molar-refractivity contribution >= 4 is 12.0 Å². The number of methoxy groups -OCH3 is 1. The molecule has 0 aliphatic carbocycles. The Labute approximate surface area is 160 Å². The van der Waals surface area contributed by atoms with Crippen molar-refractivity contribution < 1.29 is 9.53 Å². The third kappa shape index (κ3) is 4.77. The van der Waals surface area contributed by atoms with Crippen LogP contribution in [0.25, 0.3) is 6.08 Å². The SMILES string of the molecule is COc1ccc([C@H]2CCCCCN2C(=O)/C=C/c2ccc(C#N)cc2)cc1. The Balaban J connectivity index is 1.78. The summed E-state index contributed by atoms with van der Waals surface area (Å²) in [5.41, 5.74) is 2.68. The molecule has 2 aromatic rings. The highest BCUT2D eigenvalue weighted by atomic mass is 16.5. The molecule has 0 spiro atoms. The first-order valence-electron chi connectivity index (χ1n) is 9.34. The van der Waals surface area contributed by atoms with E-state index in [1.165, 1.54) is 0 Å². The van der Waals surface area contributed by atoms with Crippen LogP contribution in [0.3, 0.4) is 0 Å². The van der Waals surface area contributed by atoms with E-state index in [-0.39, 0.29) is 11.9 Å². The second-order valence-corrected chi connectivity index (χ2v) is 6.74. The predicted molar refractivity (Wildman–Crippen MR) is 106 cm³/mol. The van der Waals surface area contributed by atoms with E-state index in [0.717, 1.165) is 49.1 Å². The molecular formula is C23H24N2O2. The van der Waals surface area contributed by atoms with Gasteiger partial charge in [0.15, 0.2) is 0 Å². The standard InChI is InChI=1S/C23H24N2O2/c1-27-21-13-11-20(12-14-21)22-5-3-2-4-16-25(22)23(26)15-10-18-6-8-19(17-24)9-7-18/h6-15,22H,2-5,16H2,1H3/b15-10+/t22-/m1/s1. The number of nitriles is 1. The fourth-order valence-electron chi connectivity index (χ4n) is 3.48. The number of amides is 1. The highest BCUT2D eigenvalue weighted by Crippen LogP contribution is 2.31. The summed E-state index contributed by atoms with van der Waals surface area (Å²) in [7, 11) is 1.66. The van der Waals surface area contributed by atoms with Crippen molar-refractivity contribution in [1.29, 1.82) is 5.26 Å². The van der Waals surface area contributed by atoms with Crippen LogP contribution in [0.2, 0.25) is 0 Å². The zero-order valence-corrected chi connectivity index (χ0v) is 15.6. The molecule has 0 unspecified atom stereocenters. The largest absolute Gasteiger partial charge is 0.497 e. The van der Waals surface area contributed by atoms with Crippen molar-refractivity contribution in [2.75, 3.05) is 13.7 Å². The van der Waals surface area contributed by atoms with Crippen molar-refractivity contribution in [2.45, 2.75) is 31.7 Å². The maximum atomic E-state index is 12.9. The van der Waals surface area contributed by atoms with Crippen LogP contribution in [0.15, 0.2) is 54.6 Å². The molecule has 0 saturated carbocycles. The van der Waals surface area contributed by atoms with Gasteiger partial charge in [0.05, 0.1) is 24.8 Å². The first kappa shape index (κ1) is 18.7. The minimum Gasteiger partial charge on any atom is -0.497 e. The van der Waals surface area contributed by atoms with Crippen LogP contribution in [0, 0.1) is 11.3 Å². The maximum Gasteiger partial charge on any atom is 0.247 e. The van der Waals surface area contributed by atoms with Crippen molar-refractivity contribution in [2.24, 2.45) is 0 Å². The first-order chi connectivity index (χ1) is 13.2. The number of likely N-dealkylation sites (tertiary alicyclic amines) is 1. The molecule has 0 bridgehead atoms. The van der Waals surface area contributed by atoms with E-state index in [2.05, 4.69) is 18.2 Å². The van der Waals surface area contributed by atoms with E-state index in [4.69, 9.17) is 10.00 Å². The second kappa shape index (κ2) is 9.05. The molecule has 0 radical (unpaired) electrons. The number of nitrogens with zero attached hydrogens (tertiary/aromatic N) is 2. The van der Waals surface area contributed by atoms with Crippen LogP contribution in [-0.4, -0.2) is 24.5 Å². The molecule has 2 aromatic carbocycles. The average Bonchev–Trinajstić information content (AvgIpc) is 2.98. The molecule has 3 rings (SSSR count). The van der Waals surface area contributed by atoms with Gasteiger partial charge in [0.1, 0.15) is 5.75 Å². The molecule has 0 N–H and O–H groups in total. The Morgan fingerprint density at radius 3 is 2.52 bits per heavy atom. The van der Waals surface area contributed by atoms with Crippen molar-refractivity contribution in [3.05, 3.63) is 71.3 Å². The molecule has 1 aliphatic heterocycles. The predicted octanol–water partition coefficient (Wildman–Crippen LogP) is 4.72. The molecular weight excluding hydrogens is 336 g/mol. The summed E-state index contributed by atoms with van der Waals surface area (Å²) < 4.78 is 5.25. The summed E-state index contributed by atoms with van der Waals surface area (Å²) in [6, 6.07) is 17.4. The van der Waals surface area contributed by atoms with Gasteiger partial charge in [-0.2, -0.15) is 5.26 Å². The van der Waals surface area contributed by atoms with Gasteiger partial charge in [-0.05, 0) is 54.3 Å². The van der Waals surface area contributed by atoms with Crippen LogP contribution in [0.5, 0.6) is 5.75 Å². The molecule has 1 saturated heterocycles. The topological polar surface area (TPSA) is 53.3 Å². The highest BCUT2D eigenvalue weighted by Gasteiger charge is 2.25. The second-order valence-electron chi connectivity index (χ2n) is 6.74. The van der Waals surface area contributed by atoms with Gasteiger partial charge in [0.25, 0.3) is 0 Å². The monoisotopic (exact) mass is 360 g/mol. The number of ether oxygens (including phenoxy) is 1. The van der Waals surface area contributed by atoms with Gasteiger partial charge in [-0.25, -0.2) is 0 Å². The van der Waals surface area contributed by atoms with Crippen molar-refractivity contribution in [3.8, 4) is 11.8 Å². The van der Waals surface area contributed by atoms with Gasteiger partial charge in [-0.15, -0.1) is 0 Å². The van der Waals surface area contributed by atoms with Crippen LogP contribution in [0.4, 0.5) is 0 Å². The molecule has 27 heavy (non-hydrogen) atoms. The van der Waals surface area contributed by atoms with E-state index in [1.54, 1.807) is 25.3 Å². The summed E-state index contributed by atoms with van der Waals surface area (Å²) in [6.45, 7) is 0.771. The Morgan fingerprint density at radius 2 is 1.85 bits per heavy atom. The summed E-state index contributed by atoms with van der Waals surface area (Å²) in [5.74, 6) is 0.855. The van der Waals surface area contributed by atoms with Crippen LogP contribution >= 0.6 is 0 Å². The zero-order valence-electron chi connectivity index (χ0n) is 15.6. The molecule has 1 fully saturated rings. The minimum atomic E-state index is 0.0297. The summed E-state index contributed by atoms with van der Waals surface area (Å²) in [4.78, 5) is 14.9. The van der Waals surface area contributed by atoms with Crippen molar-refractivity contribution in [3.63, 3.8) is 0 Å². The first-order valence-corrected chi connectivity index (χ1v) is 9.34.